The maximum absolute atomic E-state index is 11.9. The van der Waals surface area contributed by atoms with Crippen LogP contribution in [0.15, 0.2) is 0 Å². The predicted octanol–water partition coefficient (Wildman–Crippen LogP) is 11.3. The molecule has 5 heteroatoms. The monoisotopic (exact) mass is 611 g/mol. The molecule has 0 heterocycles. The minimum atomic E-state index is -0.956. The lowest BCUT2D eigenvalue weighted by atomic mass is 10.00. The van der Waals surface area contributed by atoms with E-state index in [0.717, 1.165) is 43.9 Å². The van der Waals surface area contributed by atoms with Gasteiger partial charge in [-0.05, 0) is 24.7 Å². The molecule has 2 atom stereocenters. The highest BCUT2D eigenvalue weighted by atomic mass is 16.6. The van der Waals surface area contributed by atoms with Gasteiger partial charge in [-0.25, -0.2) is 0 Å². The Morgan fingerprint density at radius 2 is 0.791 bits per heavy atom. The number of hydrogen-bond donors (Lipinski definition) is 1. The van der Waals surface area contributed by atoms with E-state index in [-0.39, 0.29) is 25.2 Å². The van der Waals surface area contributed by atoms with Gasteiger partial charge in [0.15, 0.2) is 0 Å². The summed E-state index contributed by atoms with van der Waals surface area (Å²) >= 11 is 0. The topological polar surface area (TPSA) is 72.8 Å². The molecule has 0 aliphatic rings. The molecule has 1 N–H and O–H groups in total. The first-order valence-electron chi connectivity index (χ1n) is 18.8. The third-order valence-electron chi connectivity index (χ3n) is 8.81. The molecule has 0 bridgehead atoms. The minimum absolute atomic E-state index is 0.110. The third kappa shape index (κ3) is 33.6. The van der Waals surface area contributed by atoms with Crippen LogP contribution in [0.5, 0.6) is 0 Å². The molecular formula is C38H74O5. The van der Waals surface area contributed by atoms with Crippen molar-refractivity contribution in [3.8, 4) is 0 Å². The summed E-state index contributed by atoms with van der Waals surface area (Å²) in [5.74, 6) is 1.13. The summed E-state index contributed by atoms with van der Waals surface area (Å²) in [6.07, 6.45) is 31.6. The molecule has 0 aliphatic heterocycles. The first-order chi connectivity index (χ1) is 20.8. The van der Waals surface area contributed by atoms with Gasteiger partial charge in [0.1, 0.15) is 19.3 Å². The number of carbonyl (C=O) groups excluding carboxylic acids is 2. The van der Waals surface area contributed by atoms with Crippen LogP contribution in [0.25, 0.3) is 0 Å². The summed E-state index contributed by atoms with van der Waals surface area (Å²) in [6.45, 7) is 8.98. The standard InChI is InChI=1S/C38H74O5/c1-5-35(4)29-25-21-18-19-23-27-31-38(41)43-33-36(39)32-42-37(40)30-26-22-17-15-13-11-9-7-6-8-10-12-14-16-20-24-28-34(2)3/h34-36,39H,5-33H2,1-4H3/t35?,36-/m0/s1. The van der Waals surface area contributed by atoms with Crippen molar-refractivity contribution in [3.63, 3.8) is 0 Å². The zero-order valence-corrected chi connectivity index (χ0v) is 29.3. The molecule has 0 aromatic carbocycles. The van der Waals surface area contributed by atoms with Crippen LogP contribution >= 0.6 is 0 Å². The van der Waals surface area contributed by atoms with E-state index in [4.69, 9.17) is 9.47 Å². The number of aliphatic hydroxyl groups is 1. The third-order valence-corrected chi connectivity index (χ3v) is 8.81. The summed E-state index contributed by atoms with van der Waals surface area (Å²) < 4.78 is 10.3. The molecule has 1 unspecified atom stereocenters. The fraction of sp³-hybridized carbons (Fsp3) is 0.947. The molecule has 0 radical (unpaired) electrons. The smallest absolute Gasteiger partial charge is 0.305 e. The summed E-state index contributed by atoms with van der Waals surface area (Å²) in [5.41, 5.74) is 0. The van der Waals surface area contributed by atoms with Gasteiger partial charge in [0.25, 0.3) is 0 Å². The van der Waals surface area contributed by atoms with Gasteiger partial charge >= 0.3 is 11.9 Å². The number of esters is 2. The van der Waals surface area contributed by atoms with E-state index in [2.05, 4.69) is 27.7 Å². The van der Waals surface area contributed by atoms with Gasteiger partial charge < -0.3 is 14.6 Å². The minimum Gasteiger partial charge on any atom is -0.463 e. The number of ether oxygens (including phenoxy) is 2. The van der Waals surface area contributed by atoms with Crippen LogP contribution in [-0.2, 0) is 19.1 Å². The van der Waals surface area contributed by atoms with E-state index < -0.39 is 6.10 Å². The second-order valence-corrected chi connectivity index (χ2v) is 13.8. The second kappa shape index (κ2) is 32.3. The first kappa shape index (κ1) is 41.9. The number of hydrogen-bond acceptors (Lipinski definition) is 5. The van der Waals surface area contributed by atoms with Crippen molar-refractivity contribution in [2.45, 2.75) is 207 Å². The lowest BCUT2D eigenvalue weighted by molar-refractivity contribution is -0.152. The fourth-order valence-electron chi connectivity index (χ4n) is 5.54. The van der Waals surface area contributed by atoms with E-state index in [9.17, 15) is 14.7 Å². The molecule has 0 fully saturated rings. The lowest BCUT2D eigenvalue weighted by Crippen LogP contribution is -2.25. The molecule has 0 rings (SSSR count). The van der Waals surface area contributed by atoms with E-state index in [0.29, 0.717) is 12.8 Å². The second-order valence-electron chi connectivity index (χ2n) is 13.8. The molecule has 0 aliphatic carbocycles. The number of rotatable bonds is 33. The van der Waals surface area contributed by atoms with E-state index in [1.807, 2.05) is 0 Å². The van der Waals surface area contributed by atoms with Crippen molar-refractivity contribution in [2.75, 3.05) is 13.2 Å². The van der Waals surface area contributed by atoms with Gasteiger partial charge in [-0.2, -0.15) is 0 Å². The van der Waals surface area contributed by atoms with Gasteiger partial charge in [-0.3, -0.25) is 9.59 Å². The van der Waals surface area contributed by atoms with Crippen molar-refractivity contribution < 1.29 is 24.2 Å². The van der Waals surface area contributed by atoms with Crippen LogP contribution in [0.4, 0.5) is 0 Å². The molecule has 0 aromatic heterocycles. The molecule has 0 aromatic rings. The van der Waals surface area contributed by atoms with Crippen LogP contribution in [0, 0.1) is 11.8 Å². The normalized spacial score (nSPS) is 12.9. The zero-order chi connectivity index (χ0) is 31.8. The molecule has 0 amide bonds. The number of carbonyl (C=O) groups is 2. The van der Waals surface area contributed by atoms with Crippen molar-refractivity contribution in [1.29, 1.82) is 0 Å². The van der Waals surface area contributed by atoms with Gasteiger partial charge in [0.05, 0.1) is 0 Å². The SMILES string of the molecule is CCC(C)CCCCCCCCC(=O)OC[C@@H](O)COC(=O)CCCCCCCCCCCCCCCCCCC(C)C. The van der Waals surface area contributed by atoms with Gasteiger partial charge in [0, 0.05) is 12.8 Å². The Morgan fingerprint density at radius 1 is 0.488 bits per heavy atom. The maximum Gasteiger partial charge on any atom is 0.305 e. The Bertz CT molecular complexity index is 605. The Kier molecular flexibility index (Phi) is 31.5. The molecule has 256 valence electrons. The van der Waals surface area contributed by atoms with Gasteiger partial charge in [-0.15, -0.1) is 0 Å². The number of aliphatic hydroxyl groups excluding tert-OH is 1. The fourth-order valence-corrected chi connectivity index (χ4v) is 5.54. The Morgan fingerprint density at radius 3 is 1.12 bits per heavy atom. The van der Waals surface area contributed by atoms with E-state index in [1.165, 1.54) is 128 Å². The van der Waals surface area contributed by atoms with Crippen molar-refractivity contribution in [1.82, 2.24) is 0 Å². The van der Waals surface area contributed by atoms with Crippen molar-refractivity contribution in [3.05, 3.63) is 0 Å². The largest absolute Gasteiger partial charge is 0.463 e. The maximum atomic E-state index is 11.9. The Balaban J connectivity index is 3.38. The predicted molar refractivity (Wildman–Crippen MR) is 182 cm³/mol. The quantitative estimate of drug-likeness (QED) is 0.0591. The van der Waals surface area contributed by atoms with Gasteiger partial charge in [-0.1, -0.05) is 175 Å². The Labute approximate surface area is 268 Å². The number of unbranched alkanes of at least 4 members (excludes halogenated alkanes) is 20. The van der Waals surface area contributed by atoms with Crippen molar-refractivity contribution >= 4 is 11.9 Å². The van der Waals surface area contributed by atoms with Crippen LogP contribution in [0.1, 0.15) is 201 Å². The molecule has 0 spiro atoms. The van der Waals surface area contributed by atoms with Crippen LogP contribution in [0.3, 0.4) is 0 Å². The highest BCUT2D eigenvalue weighted by molar-refractivity contribution is 5.69. The molecule has 0 saturated heterocycles. The average molecular weight is 611 g/mol. The van der Waals surface area contributed by atoms with Crippen LogP contribution < -0.4 is 0 Å². The Hall–Kier alpha value is -1.10. The summed E-state index contributed by atoms with van der Waals surface area (Å²) in [7, 11) is 0. The molecular weight excluding hydrogens is 536 g/mol. The molecule has 5 nitrogen and oxygen atoms in total. The van der Waals surface area contributed by atoms with Gasteiger partial charge in [0.2, 0.25) is 0 Å². The summed E-state index contributed by atoms with van der Waals surface area (Å²) in [4.78, 5) is 23.8. The summed E-state index contributed by atoms with van der Waals surface area (Å²) in [5, 5.41) is 9.98. The molecule has 0 saturated carbocycles. The van der Waals surface area contributed by atoms with Crippen molar-refractivity contribution in [2.24, 2.45) is 11.8 Å². The van der Waals surface area contributed by atoms with Crippen LogP contribution in [0.2, 0.25) is 0 Å². The zero-order valence-electron chi connectivity index (χ0n) is 29.3. The average Bonchev–Trinajstić information content (AvgIpc) is 2.99. The van der Waals surface area contributed by atoms with E-state index >= 15 is 0 Å². The lowest BCUT2D eigenvalue weighted by Gasteiger charge is -2.12. The molecule has 43 heavy (non-hydrogen) atoms. The van der Waals surface area contributed by atoms with E-state index in [1.54, 1.807) is 0 Å². The highest BCUT2D eigenvalue weighted by Gasteiger charge is 2.12. The highest BCUT2D eigenvalue weighted by Crippen LogP contribution is 2.16. The van der Waals surface area contributed by atoms with Crippen LogP contribution in [-0.4, -0.2) is 36.4 Å². The summed E-state index contributed by atoms with van der Waals surface area (Å²) in [6, 6.07) is 0. The first-order valence-corrected chi connectivity index (χ1v) is 18.8.